The molecule has 3 fully saturated rings. The molecule has 9 nitrogen and oxygen atoms in total. The molecule has 1 aliphatic heterocycles. The van der Waals surface area contributed by atoms with Crippen LogP contribution in [0, 0.1) is 0 Å². The highest BCUT2D eigenvalue weighted by molar-refractivity contribution is 5.83. The minimum absolute atomic E-state index is 0.0228. The summed E-state index contributed by atoms with van der Waals surface area (Å²) >= 11 is 0. The van der Waals surface area contributed by atoms with Crippen molar-refractivity contribution in [2.75, 3.05) is 18.4 Å². The van der Waals surface area contributed by atoms with Crippen molar-refractivity contribution in [3.8, 4) is 0 Å². The number of rotatable bonds is 6. The van der Waals surface area contributed by atoms with Crippen LogP contribution in [0.3, 0.4) is 0 Å². The zero-order valence-electron chi connectivity index (χ0n) is 17.7. The summed E-state index contributed by atoms with van der Waals surface area (Å²) in [6.07, 6.45) is 7.03. The Morgan fingerprint density at radius 3 is 2.77 bits per heavy atom. The molecule has 0 aromatic carbocycles. The van der Waals surface area contributed by atoms with Crippen LogP contribution in [-0.4, -0.2) is 66.8 Å². The first-order valence-electron chi connectivity index (χ1n) is 11.2. The van der Waals surface area contributed by atoms with Gasteiger partial charge in [0.25, 0.3) is 0 Å². The van der Waals surface area contributed by atoms with Gasteiger partial charge in [-0.1, -0.05) is 0 Å². The largest absolute Gasteiger partial charge is 0.465 e. The van der Waals surface area contributed by atoms with Crippen molar-refractivity contribution >= 4 is 23.1 Å². The summed E-state index contributed by atoms with van der Waals surface area (Å²) in [7, 11) is 0. The summed E-state index contributed by atoms with van der Waals surface area (Å²) in [4.78, 5) is 27.8. The van der Waals surface area contributed by atoms with Gasteiger partial charge in [-0.2, -0.15) is 0 Å². The van der Waals surface area contributed by atoms with E-state index in [1.807, 2.05) is 20.2 Å². The first-order valence-corrected chi connectivity index (χ1v) is 11.2. The predicted octanol–water partition coefficient (Wildman–Crippen LogP) is 2.96. The van der Waals surface area contributed by atoms with Crippen LogP contribution in [0.2, 0.25) is 0 Å². The highest BCUT2D eigenvalue weighted by atomic mass is 16.4. The molecule has 3 aliphatic rings. The summed E-state index contributed by atoms with van der Waals surface area (Å²) in [6.45, 7) is 5.85. The molecule has 2 aliphatic carbocycles. The number of nitrogens with one attached hydrogen (secondary N) is 2. The van der Waals surface area contributed by atoms with Gasteiger partial charge in [-0.05, 0) is 58.9 Å². The summed E-state index contributed by atoms with van der Waals surface area (Å²) < 4.78 is 2.17. The van der Waals surface area contributed by atoms with Crippen LogP contribution in [0.1, 0.15) is 70.2 Å². The molecule has 2 saturated carbocycles. The van der Waals surface area contributed by atoms with Crippen molar-refractivity contribution in [1.82, 2.24) is 29.7 Å². The Bertz CT molecular complexity index is 933. The molecule has 1 amide bonds. The Labute approximate surface area is 176 Å². The predicted molar refractivity (Wildman–Crippen MR) is 114 cm³/mol. The SMILES string of the molecule is CC(C)N(C(=O)O)[C@H]1CC[C@@H](n2cnc3c(N[C@H]4CCNC4)nc(C4CC4)nc32)C1. The number of carboxylic acid groups (broad SMARTS) is 1. The molecule has 2 aromatic heterocycles. The van der Waals surface area contributed by atoms with Gasteiger partial charge < -0.3 is 25.2 Å². The van der Waals surface area contributed by atoms with Gasteiger partial charge in [0.2, 0.25) is 0 Å². The van der Waals surface area contributed by atoms with E-state index in [1.165, 1.54) is 0 Å². The number of imidazole rings is 1. The average molecular weight is 414 g/mol. The van der Waals surface area contributed by atoms with Gasteiger partial charge >= 0.3 is 6.09 Å². The van der Waals surface area contributed by atoms with Gasteiger partial charge in [0.05, 0.1) is 6.33 Å². The molecule has 30 heavy (non-hydrogen) atoms. The fourth-order valence-corrected chi connectivity index (χ4v) is 5.04. The summed E-state index contributed by atoms with van der Waals surface area (Å²) in [5.74, 6) is 2.22. The molecular formula is C21H31N7O2. The number of carbonyl (C=O) groups is 1. The zero-order chi connectivity index (χ0) is 20.8. The van der Waals surface area contributed by atoms with Gasteiger partial charge in [-0.25, -0.2) is 19.7 Å². The highest BCUT2D eigenvalue weighted by Crippen LogP contribution is 2.41. The Balaban J connectivity index is 1.45. The first kappa shape index (κ1) is 19.5. The van der Waals surface area contributed by atoms with Gasteiger partial charge in [-0.15, -0.1) is 0 Å². The molecule has 162 valence electrons. The van der Waals surface area contributed by atoms with Crippen molar-refractivity contribution in [2.45, 2.75) is 82.5 Å². The maximum absolute atomic E-state index is 11.7. The molecule has 2 aromatic rings. The maximum atomic E-state index is 11.7. The lowest BCUT2D eigenvalue weighted by molar-refractivity contribution is 0.107. The molecule has 0 unspecified atom stereocenters. The molecule has 1 saturated heterocycles. The average Bonchev–Trinajstić information content (AvgIpc) is 3.06. The number of hydrogen-bond acceptors (Lipinski definition) is 6. The second kappa shape index (κ2) is 7.68. The van der Waals surface area contributed by atoms with E-state index >= 15 is 0 Å². The third-order valence-electron chi connectivity index (χ3n) is 6.72. The van der Waals surface area contributed by atoms with Crippen molar-refractivity contribution < 1.29 is 9.90 Å². The summed E-state index contributed by atoms with van der Waals surface area (Å²) in [6, 6.07) is 0.595. The number of hydrogen-bond donors (Lipinski definition) is 3. The van der Waals surface area contributed by atoms with E-state index in [2.05, 4.69) is 15.2 Å². The Kier molecular flexibility index (Phi) is 5.00. The second-order valence-electron chi connectivity index (χ2n) is 9.27. The Morgan fingerprint density at radius 1 is 1.27 bits per heavy atom. The Hall–Kier alpha value is -2.42. The van der Waals surface area contributed by atoms with Crippen molar-refractivity contribution in [2.24, 2.45) is 0 Å². The van der Waals surface area contributed by atoms with E-state index in [-0.39, 0.29) is 18.1 Å². The molecule has 0 bridgehead atoms. The number of nitrogens with zero attached hydrogens (tertiary/aromatic N) is 5. The van der Waals surface area contributed by atoms with Crippen LogP contribution in [0.25, 0.3) is 11.2 Å². The summed E-state index contributed by atoms with van der Waals surface area (Å²) in [5.41, 5.74) is 1.71. The van der Waals surface area contributed by atoms with E-state index in [0.29, 0.717) is 12.0 Å². The maximum Gasteiger partial charge on any atom is 0.407 e. The lowest BCUT2D eigenvalue weighted by atomic mass is 10.1. The standard InChI is InChI=1S/C21H31N7O2/c1-12(2)28(21(29)30)16-6-5-15(9-16)27-11-23-17-19(24-14-7-8-22-10-14)25-18(13-3-4-13)26-20(17)27/h11-16,22H,3-10H2,1-2H3,(H,29,30)(H,24,25,26)/t14-,15+,16-/m0/s1. The fraction of sp³-hybridized carbons (Fsp3) is 0.714. The number of amides is 1. The van der Waals surface area contributed by atoms with Crippen molar-refractivity contribution in [1.29, 1.82) is 0 Å². The number of aromatic nitrogens is 4. The highest BCUT2D eigenvalue weighted by Gasteiger charge is 2.36. The van der Waals surface area contributed by atoms with Gasteiger partial charge in [0, 0.05) is 36.6 Å². The molecular weight excluding hydrogens is 382 g/mol. The van der Waals surface area contributed by atoms with Crippen LogP contribution in [0.15, 0.2) is 6.33 Å². The fourth-order valence-electron chi connectivity index (χ4n) is 5.04. The molecule has 9 heteroatoms. The monoisotopic (exact) mass is 413 g/mol. The van der Waals surface area contributed by atoms with E-state index in [1.54, 1.807) is 4.90 Å². The third kappa shape index (κ3) is 3.59. The molecule has 0 radical (unpaired) electrons. The molecule has 0 spiro atoms. The normalized spacial score (nSPS) is 26.6. The van der Waals surface area contributed by atoms with Crippen LogP contribution in [0.5, 0.6) is 0 Å². The van der Waals surface area contributed by atoms with E-state index < -0.39 is 6.09 Å². The quantitative estimate of drug-likeness (QED) is 0.668. The van der Waals surface area contributed by atoms with E-state index in [4.69, 9.17) is 15.0 Å². The van der Waals surface area contributed by atoms with E-state index in [0.717, 1.165) is 74.4 Å². The first-order chi connectivity index (χ1) is 14.5. The molecule has 3 N–H and O–H groups in total. The third-order valence-corrected chi connectivity index (χ3v) is 6.72. The smallest absolute Gasteiger partial charge is 0.407 e. The topological polar surface area (TPSA) is 108 Å². The Morgan fingerprint density at radius 2 is 2.10 bits per heavy atom. The summed E-state index contributed by atoms with van der Waals surface area (Å²) in [5, 5.41) is 16.6. The van der Waals surface area contributed by atoms with Crippen LogP contribution < -0.4 is 10.6 Å². The van der Waals surface area contributed by atoms with Gasteiger partial charge in [-0.3, -0.25) is 0 Å². The minimum Gasteiger partial charge on any atom is -0.465 e. The lowest BCUT2D eigenvalue weighted by Crippen LogP contribution is -2.42. The molecule has 5 rings (SSSR count). The van der Waals surface area contributed by atoms with Gasteiger partial charge in [0.1, 0.15) is 11.3 Å². The van der Waals surface area contributed by atoms with Crippen molar-refractivity contribution in [3.05, 3.63) is 12.2 Å². The number of anilines is 1. The number of fused-ring (bicyclic) bond motifs is 1. The van der Waals surface area contributed by atoms with Gasteiger partial charge in [0.15, 0.2) is 11.5 Å². The lowest BCUT2D eigenvalue weighted by Gasteiger charge is -2.30. The second-order valence-corrected chi connectivity index (χ2v) is 9.27. The van der Waals surface area contributed by atoms with Crippen LogP contribution in [0.4, 0.5) is 10.6 Å². The van der Waals surface area contributed by atoms with Crippen LogP contribution in [-0.2, 0) is 0 Å². The van der Waals surface area contributed by atoms with E-state index in [9.17, 15) is 9.90 Å². The molecule has 3 heterocycles. The van der Waals surface area contributed by atoms with Crippen molar-refractivity contribution in [3.63, 3.8) is 0 Å². The minimum atomic E-state index is -0.832. The van der Waals surface area contributed by atoms with Crippen LogP contribution >= 0.6 is 0 Å². The zero-order valence-corrected chi connectivity index (χ0v) is 17.7. The molecule has 3 atom stereocenters.